The summed E-state index contributed by atoms with van der Waals surface area (Å²) in [6.45, 7) is 3.81. The predicted octanol–water partition coefficient (Wildman–Crippen LogP) is 2.87. The molecule has 0 spiro atoms. The molecule has 0 radical (unpaired) electrons. The van der Waals surface area contributed by atoms with Gasteiger partial charge in [-0.25, -0.2) is 4.98 Å². The second-order valence-corrected chi connectivity index (χ2v) is 7.42. The smallest absolute Gasteiger partial charge is 0.186 e. The molecule has 4 aromatic rings. The van der Waals surface area contributed by atoms with Crippen molar-refractivity contribution in [1.82, 2.24) is 29.5 Å². The maximum Gasteiger partial charge on any atom is 0.186 e. The van der Waals surface area contributed by atoms with Crippen molar-refractivity contribution in [3.63, 3.8) is 0 Å². The zero-order chi connectivity index (χ0) is 17.0. The van der Waals surface area contributed by atoms with Gasteiger partial charge in [-0.05, 0) is 19.1 Å². The normalized spacial score (nSPS) is 17.2. The lowest BCUT2D eigenvalue weighted by molar-refractivity contribution is 0.466. The van der Waals surface area contributed by atoms with E-state index < -0.39 is 0 Å². The van der Waals surface area contributed by atoms with E-state index in [1.54, 1.807) is 16.0 Å². The lowest BCUT2D eigenvalue weighted by Crippen LogP contribution is -2.36. The summed E-state index contributed by atoms with van der Waals surface area (Å²) in [5, 5.41) is 14.1. The molecule has 5 rings (SSSR count). The van der Waals surface area contributed by atoms with E-state index in [-0.39, 0.29) is 6.04 Å². The second kappa shape index (κ2) is 5.38. The van der Waals surface area contributed by atoms with Crippen molar-refractivity contribution < 1.29 is 0 Å². The van der Waals surface area contributed by atoms with Crippen LogP contribution in [0.4, 0.5) is 5.13 Å². The van der Waals surface area contributed by atoms with Crippen LogP contribution in [-0.2, 0) is 13.6 Å². The van der Waals surface area contributed by atoms with Gasteiger partial charge in [0.2, 0.25) is 0 Å². The van der Waals surface area contributed by atoms with Gasteiger partial charge in [-0.15, -0.1) is 10.2 Å². The van der Waals surface area contributed by atoms with Gasteiger partial charge in [-0.2, -0.15) is 5.10 Å². The quantitative estimate of drug-likeness (QED) is 0.556. The number of benzene rings is 1. The first kappa shape index (κ1) is 14.6. The minimum Gasteiger partial charge on any atom is -0.338 e. The largest absolute Gasteiger partial charge is 0.338 e. The van der Waals surface area contributed by atoms with Crippen molar-refractivity contribution in [2.75, 3.05) is 11.4 Å². The number of nitrogens with zero attached hydrogens (tertiary/aromatic N) is 7. The fourth-order valence-electron chi connectivity index (χ4n) is 3.41. The molecule has 0 fully saturated rings. The minimum absolute atomic E-state index is 0.265. The van der Waals surface area contributed by atoms with Crippen LogP contribution in [0, 0.1) is 0 Å². The van der Waals surface area contributed by atoms with Gasteiger partial charge in [-0.1, -0.05) is 23.5 Å². The second-order valence-electron chi connectivity index (χ2n) is 6.41. The first-order valence-corrected chi connectivity index (χ1v) is 9.04. The Morgan fingerprint density at radius 3 is 2.88 bits per heavy atom. The number of hydrogen-bond acceptors (Lipinski definition) is 6. The Bertz CT molecular complexity index is 1030. The summed E-state index contributed by atoms with van der Waals surface area (Å²) in [5.41, 5.74) is 2.06. The van der Waals surface area contributed by atoms with Crippen LogP contribution in [0.3, 0.4) is 0 Å². The third-order valence-corrected chi connectivity index (χ3v) is 5.64. The molecule has 0 saturated carbocycles. The van der Waals surface area contributed by atoms with Crippen LogP contribution in [0.25, 0.3) is 21.6 Å². The van der Waals surface area contributed by atoms with Crippen LogP contribution in [0.5, 0.6) is 0 Å². The molecule has 3 aromatic heterocycles. The van der Waals surface area contributed by atoms with Gasteiger partial charge in [0.25, 0.3) is 0 Å². The Morgan fingerprint density at radius 2 is 2.08 bits per heavy atom. The predicted molar refractivity (Wildman–Crippen MR) is 97.6 cm³/mol. The first-order valence-electron chi connectivity index (χ1n) is 8.22. The fraction of sp³-hybridized carbons (Fsp3) is 0.294. The number of aromatic nitrogens is 6. The summed E-state index contributed by atoms with van der Waals surface area (Å²) < 4.78 is 5.23. The van der Waals surface area contributed by atoms with Crippen LogP contribution in [-0.4, -0.2) is 36.1 Å². The van der Waals surface area contributed by atoms with Crippen molar-refractivity contribution in [2.45, 2.75) is 19.5 Å². The maximum absolute atomic E-state index is 4.79. The maximum atomic E-state index is 4.79. The molecule has 0 saturated heterocycles. The SMILES string of the molecule is C[C@H]1CN(c2nc3ccccc3s2)Cc2nnc(-c3cnn(C)c3)n21. The molecule has 25 heavy (non-hydrogen) atoms. The standard InChI is InChI=1S/C17H17N7S/c1-11-8-23(17-19-13-5-3-4-6-14(13)25-17)10-15-20-21-16(24(11)15)12-7-18-22(2)9-12/h3-7,9,11H,8,10H2,1-2H3/t11-/m0/s1. The summed E-state index contributed by atoms with van der Waals surface area (Å²) in [6.07, 6.45) is 3.81. The zero-order valence-corrected chi connectivity index (χ0v) is 14.8. The number of aryl methyl sites for hydroxylation is 1. The first-order chi connectivity index (χ1) is 12.2. The third-order valence-electron chi connectivity index (χ3n) is 4.54. The van der Waals surface area contributed by atoms with E-state index >= 15 is 0 Å². The fourth-order valence-corrected chi connectivity index (χ4v) is 4.38. The van der Waals surface area contributed by atoms with Gasteiger partial charge in [0.15, 0.2) is 16.8 Å². The molecule has 0 aliphatic carbocycles. The minimum atomic E-state index is 0.265. The third kappa shape index (κ3) is 2.32. The van der Waals surface area contributed by atoms with Gasteiger partial charge in [-0.3, -0.25) is 4.68 Å². The average molecular weight is 351 g/mol. The summed E-state index contributed by atoms with van der Waals surface area (Å²) in [6, 6.07) is 8.53. The topological polar surface area (TPSA) is 64.7 Å². The molecule has 8 heteroatoms. The molecule has 1 aliphatic heterocycles. The highest BCUT2D eigenvalue weighted by molar-refractivity contribution is 7.22. The Balaban J connectivity index is 1.52. The van der Waals surface area contributed by atoms with Crippen molar-refractivity contribution in [2.24, 2.45) is 7.05 Å². The molecule has 1 atom stereocenters. The zero-order valence-electron chi connectivity index (χ0n) is 14.0. The Morgan fingerprint density at radius 1 is 1.20 bits per heavy atom. The highest BCUT2D eigenvalue weighted by Crippen LogP contribution is 2.34. The molecule has 4 heterocycles. The average Bonchev–Trinajstić information content (AvgIpc) is 3.31. The van der Waals surface area contributed by atoms with Crippen LogP contribution in [0.2, 0.25) is 0 Å². The van der Waals surface area contributed by atoms with Gasteiger partial charge in [0.1, 0.15) is 0 Å². The lowest BCUT2D eigenvalue weighted by atomic mass is 10.2. The highest BCUT2D eigenvalue weighted by Gasteiger charge is 2.28. The molecule has 0 amide bonds. The van der Waals surface area contributed by atoms with Crippen molar-refractivity contribution in [1.29, 1.82) is 0 Å². The van der Waals surface area contributed by atoms with Gasteiger partial charge < -0.3 is 9.47 Å². The van der Waals surface area contributed by atoms with Crippen molar-refractivity contribution in [3.05, 3.63) is 42.5 Å². The van der Waals surface area contributed by atoms with Crippen molar-refractivity contribution in [3.8, 4) is 11.4 Å². The lowest BCUT2D eigenvalue weighted by Gasteiger charge is -2.32. The number of hydrogen-bond donors (Lipinski definition) is 0. The summed E-state index contributed by atoms with van der Waals surface area (Å²) in [5.74, 6) is 1.86. The Labute approximate surface area is 148 Å². The molecule has 0 N–H and O–H groups in total. The van der Waals surface area contributed by atoms with E-state index in [9.17, 15) is 0 Å². The molecule has 1 aliphatic rings. The summed E-state index contributed by atoms with van der Waals surface area (Å²) >= 11 is 1.73. The van der Waals surface area contributed by atoms with Gasteiger partial charge >= 0.3 is 0 Å². The number of anilines is 1. The monoisotopic (exact) mass is 351 g/mol. The van der Waals surface area contributed by atoms with E-state index in [1.807, 2.05) is 25.5 Å². The molecular formula is C17H17N7S. The van der Waals surface area contributed by atoms with Gasteiger partial charge in [0.05, 0.1) is 34.6 Å². The highest BCUT2D eigenvalue weighted by atomic mass is 32.1. The molecular weight excluding hydrogens is 334 g/mol. The van der Waals surface area contributed by atoms with Crippen LogP contribution < -0.4 is 4.90 Å². The summed E-state index contributed by atoms with van der Waals surface area (Å²) in [4.78, 5) is 7.08. The number of para-hydroxylation sites is 1. The molecule has 0 unspecified atom stereocenters. The van der Waals surface area contributed by atoms with E-state index in [0.29, 0.717) is 0 Å². The van der Waals surface area contributed by atoms with E-state index in [0.717, 1.165) is 41.0 Å². The van der Waals surface area contributed by atoms with Gasteiger partial charge in [0, 0.05) is 19.8 Å². The Hall–Kier alpha value is -2.74. The number of rotatable bonds is 2. The Kier molecular flexibility index (Phi) is 3.14. The summed E-state index contributed by atoms with van der Waals surface area (Å²) in [7, 11) is 1.91. The van der Waals surface area contributed by atoms with E-state index in [2.05, 4.69) is 49.9 Å². The molecule has 126 valence electrons. The van der Waals surface area contributed by atoms with Crippen LogP contribution in [0.1, 0.15) is 18.8 Å². The van der Waals surface area contributed by atoms with Crippen LogP contribution >= 0.6 is 11.3 Å². The van der Waals surface area contributed by atoms with E-state index in [1.165, 1.54) is 4.70 Å². The van der Waals surface area contributed by atoms with Crippen molar-refractivity contribution >= 4 is 26.7 Å². The number of thiazole rings is 1. The van der Waals surface area contributed by atoms with E-state index in [4.69, 9.17) is 4.98 Å². The molecule has 1 aromatic carbocycles. The molecule has 0 bridgehead atoms. The number of fused-ring (bicyclic) bond motifs is 2. The molecule has 7 nitrogen and oxygen atoms in total. The van der Waals surface area contributed by atoms with Crippen LogP contribution in [0.15, 0.2) is 36.7 Å².